The van der Waals surface area contributed by atoms with Gasteiger partial charge in [0.1, 0.15) is 5.75 Å². The number of benzene rings is 2. The molecule has 5 rings (SSSR count). The van der Waals surface area contributed by atoms with Crippen LogP contribution in [0.5, 0.6) is 5.75 Å². The smallest absolute Gasteiger partial charge is 0.119 e. The van der Waals surface area contributed by atoms with Crippen molar-refractivity contribution in [2.45, 2.75) is 19.8 Å². The van der Waals surface area contributed by atoms with Gasteiger partial charge in [-0.3, -0.25) is 4.98 Å². The van der Waals surface area contributed by atoms with Crippen molar-refractivity contribution in [2.75, 3.05) is 7.11 Å². The van der Waals surface area contributed by atoms with Crippen LogP contribution in [-0.4, -0.2) is 16.7 Å². The number of hydrogen-bond donors (Lipinski definition) is 0. The number of ether oxygens (including phenoxy) is 1. The summed E-state index contributed by atoms with van der Waals surface area (Å²) >= 11 is 3.63. The molecule has 0 fully saturated rings. The number of rotatable bonds is 3. The molecule has 0 N–H and O–H groups in total. The van der Waals surface area contributed by atoms with Crippen molar-refractivity contribution in [3.8, 4) is 5.75 Å². The fourth-order valence-electron chi connectivity index (χ4n) is 4.15. The first kappa shape index (κ1) is 16.6. The van der Waals surface area contributed by atoms with Gasteiger partial charge in [-0.2, -0.15) is 0 Å². The fourth-order valence-corrected chi connectivity index (χ4v) is 4.50. The first-order chi connectivity index (χ1) is 13.1. The Morgan fingerprint density at radius 1 is 1.11 bits per heavy atom. The van der Waals surface area contributed by atoms with Gasteiger partial charge in [-0.05, 0) is 66.3 Å². The molecule has 2 aromatic heterocycles. The van der Waals surface area contributed by atoms with Gasteiger partial charge in [0.15, 0.2) is 0 Å². The van der Waals surface area contributed by atoms with E-state index in [1.807, 2.05) is 12.4 Å². The van der Waals surface area contributed by atoms with Crippen molar-refractivity contribution in [1.82, 2.24) is 9.55 Å². The molecule has 0 saturated heterocycles. The number of aryl methyl sites for hydroxylation is 1. The highest BCUT2D eigenvalue weighted by atomic mass is 79.9. The minimum Gasteiger partial charge on any atom is -0.497 e. The summed E-state index contributed by atoms with van der Waals surface area (Å²) in [6, 6.07) is 13.0. The number of aromatic nitrogens is 2. The molecule has 0 amide bonds. The van der Waals surface area contributed by atoms with Gasteiger partial charge >= 0.3 is 0 Å². The van der Waals surface area contributed by atoms with E-state index in [2.05, 4.69) is 75.0 Å². The van der Waals surface area contributed by atoms with Crippen LogP contribution in [-0.2, 0) is 12.8 Å². The summed E-state index contributed by atoms with van der Waals surface area (Å²) in [7, 11) is 1.74. The average Bonchev–Trinajstić information content (AvgIpc) is 2.95. The SMILES string of the molecule is COc1cc2c3c(c1)c1ccc(Br)cc1n3C=C(Cc1cncc(C)c1)C2. The Balaban J connectivity index is 1.73. The van der Waals surface area contributed by atoms with Crippen LogP contribution in [0.1, 0.15) is 16.7 Å². The van der Waals surface area contributed by atoms with Crippen LogP contribution in [0.2, 0.25) is 0 Å². The van der Waals surface area contributed by atoms with Crippen molar-refractivity contribution in [3.05, 3.63) is 75.5 Å². The van der Waals surface area contributed by atoms with Gasteiger partial charge in [-0.25, -0.2) is 0 Å². The van der Waals surface area contributed by atoms with Crippen molar-refractivity contribution >= 4 is 43.9 Å². The summed E-state index contributed by atoms with van der Waals surface area (Å²) in [5, 5.41) is 2.50. The molecule has 0 bridgehead atoms. The summed E-state index contributed by atoms with van der Waals surface area (Å²) < 4.78 is 9.02. The topological polar surface area (TPSA) is 27.1 Å². The second kappa shape index (κ2) is 6.24. The third-order valence-corrected chi connectivity index (χ3v) is 5.73. The van der Waals surface area contributed by atoms with E-state index in [4.69, 9.17) is 4.74 Å². The molecule has 2 aromatic carbocycles. The minimum absolute atomic E-state index is 0.903. The van der Waals surface area contributed by atoms with Gasteiger partial charge in [0.2, 0.25) is 0 Å². The molecule has 4 aromatic rings. The fraction of sp³-hybridized carbons (Fsp3) is 0.174. The lowest BCUT2D eigenvalue weighted by atomic mass is 9.95. The standard InChI is InChI=1S/C23H19BrN2O/c1-14-5-15(12-25-11-14)6-16-7-17-8-19(27-2)10-21-20-4-3-18(24)9-22(20)26(13-16)23(17)21/h3-5,8-13H,6-7H2,1-2H3. The van der Waals surface area contributed by atoms with E-state index < -0.39 is 0 Å². The number of fused-ring (bicyclic) bond motifs is 3. The lowest BCUT2D eigenvalue weighted by Crippen LogP contribution is -2.06. The van der Waals surface area contributed by atoms with Crippen LogP contribution in [0, 0.1) is 6.92 Å². The highest BCUT2D eigenvalue weighted by molar-refractivity contribution is 9.10. The van der Waals surface area contributed by atoms with Crippen molar-refractivity contribution in [2.24, 2.45) is 0 Å². The van der Waals surface area contributed by atoms with Crippen molar-refractivity contribution < 1.29 is 4.74 Å². The number of hydrogen-bond acceptors (Lipinski definition) is 2. The Hall–Kier alpha value is -2.59. The lowest BCUT2D eigenvalue weighted by molar-refractivity contribution is 0.415. The molecule has 0 spiro atoms. The van der Waals surface area contributed by atoms with Crippen molar-refractivity contribution in [1.29, 1.82) is 0 Å². The normalized spacial score (nSPS) is 13.2. The number of methoxy groups -OCH3 is 1. The maximum Gasteiger partial charge on any atom is 0.119 e. The predicted octanol–water partition coefficient (Wildman–Crippen LogP) is 5.91. The Morgan fingerprint density at radius 3 is 2.81 bits per heavy atom. The molecule has 3 heterocycles. The molecule has 134 valence electrons. The minimum atomic E-state index is 0.903. The Labute approximate surface area is 166 Å². The van der Waals surface area contributed by atoms with Gasteiger partial charge in [0.05, 0.1) is 18.1 Å². The molecule has 1 aliphatic heterocycles. The van der Waals surface area contributed by atoms with Crippen LogP contribution in [0.4, 0.5) is 0 Å². The number of pyridine rings is 1. The zero-order valence-corrected chi connectivity index (χ0v) is 16.9. The first-order valence-corrected chi connectivity index (χ1v) is 9.82. The molecule has 0 saturated carbocycles. The summed E-state index contributed by atoms with van der Waals surface area (Å²) in [6.07, 6.45) is 8.01. The Kier molecular flexibility index (Phi) is 3.83. The largest absolute Gasteiger partial charge is 0.497 e. The van der Waals surface area contributed by atoms with Gasteiger partial charge in [-0.1, -0.05) is 28.1 Å². The Bertz CT molecular complexity index is 1240. The van der Waals surface area contributed by atoms with Gasteiger partial charge < -0.3 is 9.30 Å². The molecule has 27 heavy (non-hydrogen) atoms. The molecular weight excluding hydrogens is 400 g/mol. The van der Waals surface area contributed by atoms with E-state index >= 15 is 0 Å². The van der Waals surface area contributed by atoms with Crippen LogP contribution in [0.25, 0.3) is 28.0 Å². The van der Waals surface area contributed by atoms with Crippen molar-refractivity contribution in [3.63, 3.8) is 0 Å². The maximum absolute atomic E-state index is 5.59. The van der Waals surface area contributed by atoms with Crippen LogP contribution < -0.4 is 4.74 Å². The van der Waals surface area contributed by atoms with E-state index in [0.717, 1.165) is 23.1 Å². The van der Waals surface area contributed by atoms with E-state index in [-0.39, 0.29) is 0 Å². The molecule has 1 aliphatic rings. The third kappa shape index (κ3) is 2.76. The van der Waals surface area contributed by atoms with Crippen LogP contribution in [0.15, 0.2) is 58.8 Å². The van der Waals surface area contributed by atoms with E-state index in [0.29, 0.717) is 0 Å². The second-order valence-corrected chi connectivity index (χ2v) is 8.14. The highest BCUT2D eigenvalue weighted by Gasteiger charge is 2.20. The van der Waals surface area contributed by atoms with E-state index in [1.165, 1.54) is 44.1 Å². The molecule has 0 unspecified atom stereocenters. The molecule has 3 nitrogen and oxygen atoms in total. The second-order valence-electron chi connectivity index (χ2n) is 7.23. The van der Waals surface area contributed by atoms with Crippen LogP contribution >= 0.6 is 15.9 Å². The van der Waals surface area contributed by atoms with Crippen LogP contribution in [0.3, 0.4) is 0 Å². The molecule has 0 aliphatic carbocycles. The molecular formula is C23H19BrN2O. The van der Waals surface area contributed by atoms with E-state index in [1.54, 1.807) is 7.11 Å². The molecule has 4 heteroatoms. The molecule has 0 atom stereocenters. The predicted molar refractivity (Wildman–Crippen MR) is 114 cm³/mol. The quantitative estimate of drug-likeness (QED) is 0.413. The van der Waals surface area contributed by atoms with Gasteiger partial charge in [0.25, 0.3) is 0 Å². The summed E-state index contributed by atoms with van der Waals surface area (Å²) in [6.45, 7) is 2.09. The number of nitrogens with zero attached hydrogens (tertiary/aromatic N) is 2. The molecule has 0 radical (unpaired) electrons. The van der Waals surface area contributed by atoms with Gasteiger partial charge in [-0.15, -0.1) is 0 Å². The Morgan fingerprint density at radius 2 is 2.00 bits per heavy atom. The first-order valence-electron chi connectivity index (χ1n) is 9.02. The average molecular weight is 419 g/mol. The summed E-state index contributed by atoms with van der Waals surface area (Å²) in [5.41, 5.74) is 7.64. The lowest BCUT2D eigenvalue weighted by Gasteiger charge is -2.18. The summed E-state index contributed by atoms with van der Waals surface area (Å²) in [5.74, 6) is 0.915. The number of halogens is 1. The monoisotopic (exact) mass is 418 g/mol. The zero-order chi connectivity index (χ0) is 18.5. The van der Waals surface area contributed by atoms with Gasteiger partial charge in [0, 0.05) is 33.8 Å². The number of allylic oxidation sites excluding steroid dienone is 1. The highest BCUT2D eigenvalue weighted by Crippen LogP contribution is 2.39. The van der Waals surface area contributed by atoms with E-state index in [9.17, 15) is 0 Å². The zero-order valence-electron chi connectivity index (χ0n) is 15.3. The third-order valence-electron chi connectivity index (χ3n) is 5.24. The maximum atomic E-state index is 5.59. The summed E-state index contributed by atoms with van der Waals surface area (Å²) in [4.78, 5) is 4.35.